The zero-order chi connectivity index (χ0) is 15.3. The lowest BCUT2D eigenvalue weighted by Crippen LogP contribution is -2.14. The third kappa shape index (κ3) is 4.46. The van der Waals surface area contributed by atoms with Gasteiger partial charge in [0, 0.05) is 11.6 Å². The molecule has 0 fully saturated rings. The van der Waals surface area contributed by atoms with Crippen molar-refractivity contribution in [2.24, 2.45) is 5.73 Å². The molecule has 0 aromatic heterocycles. The topological polar surface area (TPSA) is 69.4 Å². The molecule has 0 radical (unpaired) electrons. The first-order valence-electron chi connectivity index (χ1n) is 6.41. The largest absolute Gasteiger partial charge is 0.493 e. The van der Waals surface area contributed by atoms with Gasteiger partial charge in [0.15, 0.2) is 9.84 Å². The van der Waals surface area contributed by atoms with Gasteiger partial charge in [-0.3, -0.25) is 0 Å². The summed E-state index contributed by atoms with van der Waals surface area (Å²) in [6.45, 7) is 0.499. The van der Waals surface area contributed by atoms with Crippen molar-refractivity contribution in [1.29, 1.82) is 0 Å². The van der Waals surface area contributed by atoms with E-state index in [1.807, 2.05) is 12.1 Å². The van der Waals surface area contributed by atoms with Crippen LogP contribution in [0.4, 0.5) is 0 Å². The Kier molecular flexibility index (Phi) is 5.22. The molecule has 2 aromatic rings. The third-order valence-electron chi connectivity index (χ3n) is 2.93. The molecule has 0 heterocycles. The Hall–Kier alpha value is -1.56. The van der Waals surface area contributed by atoms with Gasteiger partial charge in [-0.05, 0) is 42.0 Å². The second kappa shape index (κ2) is 6.93. The van der Waals surface area contributed by atoms with Crippen LogP contribution >= 0.6 is 11.6 Å². The lowest BCUT2D eigenvalue weighted by atomic mass is 10.2. The Morgan fingerprint density at radius 1 is 1.10 bits per heavy atom. The molecular formula is C15H16ClNO3S. The first-order valence-corrected chi connectivity index (χ1v) is 8.44. The third-order valence-corrected chi connectivity index (χ3v) is 4.87. The number of ether oxygens (including phenoxy) is 1. The maximum atomic E-state index is 12.1. The number of hydrogen-bond donors (Lipinski definition) is 1. The van der Waals surface area contributed by atoms with Crippen LogP contribution in [-0.2, 0) is 16.4 Å². The van der Waals surface area contributed by atoms with Gasteiger partial charge < -0.3 is 10.5 Å². The molecule has 0 unspecified atom stereocenters. The minimum Gasteiger partial charge on any atom is -0.493 e. The smallest absolute Gasteiger partial charge is 0.181 e. The first kappa shape index (κ1) is 15.8. The minimum absolute atomic E-state index is 0.0823. The van der Waals surface area contributed by atoms with Crippen LogP contribution in [0.1, 0.15) is 5.56 Å². The normalized spacial score (nSPS) is 11.3. The van der Waals surface area contributed by atoms with Gasteiger partial charge in [-0.25, -0.2) is 8.42 Å². The zero-order valence-corrected chi connectivity index (χ0v) is 12.9. The van der Waals surface area contributed by atoms with Crippen LogP contribution in [0.2, 0.25) is 5.02 Å². The molecule has 4 nitrogen and oxygen atoms in total. The highest BCUT2D eigenvalue weighted by molar-refractivity contribution is 7.91. The molecule has 112 valence electrons. The maximum Gasteiger partial charge on any atom is 0.181 e. The lowest BCUT2D eigenvalue weighted by molar-refractivity contribution is 0.340. The fraction of sp³-hybridized carbons (Fsp3) is 0.200. The van der Waals surface area contributed by atoms with E-state index >= 15 is 0 Å². The van der Waals surface area contributed by atoms with Crippen molar-refractivity contribution < 1.29 is 13.2 Å². The average Bonchev–Trinajstić information content (AvgIpc) is 2.48. The van der Waals surface area contributed by atoms with Crippen molar-refractivity contribution in [3.05, 3.63) is 59.1 Å². The maximum absolute atomic E-state index is 12.1. The lowest BCUT2D eigenvalue weighted by Gasteiger charge is -2.08. The molecule has 21 heavy (non-hydrogen) atoms. The van der Waals surface area contributed by atoms with E-state index in [1.165, 1.54) is 12.1 Å². The summed E-state index contributed by atoms with van der Waals surface area (Å²) in [5, 5.41) is 0.504. The number of hydrogen-bond acceptors (Lipinski definition) is 4. The predicted molar refractivity (Wildman–Crippen MR) is 83.3 cm³/mol. The number of benzene rings is 2. The molecule has 0 aliphatic rings. The summed E-state index contributed by atoms with van der Waals surface area (Å²) in [4.78, 5) is 0.242. The van der Waals surface area contributed by atoms with Crippen LogP contribution in [0.5, 0.6) is 5.75 Å². The highest BCUT2D eigenvalue weighted by atomic mass is 35.5. The number of rotatable bonds is 6. The van der Waals surface area contributed by atoms with E-state index in [-0.39, 0.29) is 17.3 Å². The molecule has 6 heteroatoms. The Balaban J connectivity index is 1.97. The van der Waals surface area contributed by atoms with Crippen LogP contribution in [0.3, 0.4) is 0 Å². The molecular weight excluding hydrogens is 310 g/mol. The fourth-order valence-corrected chi connectivity index (χ4v) is 3.01. The van der Waals surface area contributed by atoms with Gasteiger partial charge in [0.2, 0.25) is 0 Å². The summed E-state index contributed by atoms with van der Waals surface area (Å²) in [6.07, 6.45) is 0. The van der Waals surface area contributed by atoms with Gasteiger partial charge in [-0.2, -0.15) is 0 Å². The number of sulfone groups is 1. The van der Waals surface area contributed by atoms with Crippen LogP contribution in [0.15, 0.2) is 53.4 Å². The average molecular weight is 326 g/mol. The molecule has 0 saturated heterocycles. The molecule has 0 amide bonds. The van der Waals surface area contributed by atoms with E-state index in [9.17, 15) is 8.42 Å². The van der Waals surface area contributed by atoms with Crippen LogP contribution < -0.4 is 10.5 Å². The van der Waals surface area contributed by atoms with Gasteiger partial charge >= 0.3 is 0 Å². The molecule has 0 saturated carbocycles. The summed E-state index contributed by atoms with van der Waals surface area (Å²) < 4.78 is 29.7. The van der Waals surface area contributed by atoms with E-state index in [0.29, 0.717) is 17.3 Å². The fourth-order valence-electron chi connectivity index (χ4n) is 1.79. The molecule has 0 atom stereocenters. The Morgan fingerprint density at radius 2 is 1.81 bits per heavy atom. The summed E-state index contributed by atoms with van der Waals surface area (Å²) in [5.41, 5.74) is 6.48. The molecule has 0 spiro atoms. The molecule has 2 N–H and O–H groups in total. The van der Waals surface area contributed by atoms with E-state index in [0.717, 1.165) is 5.56 Å². The Morgan fingerprint density at radius 3 is 2.48 bits per heavy atom. The van der Waals surface area contributed by atoms with E-state index < -0.39 is 9.84 Å². The first-order chi connectivity index (χ1) is 10.0. The van der Waals surface area contributed by atoms with Crippen LogP contribution in [-0.4, -0.2) is 20.8 Å². The standard InChI is InChI=1S/C15H16ClNO3S/c16-13-4-6-15(7-5-13)21(18,19)9-8-20-14-3-1-2-12(10-14)11-17/h1-7,10H,8-9,11,17H2. The van der Waals surface area contributed by atoms with Crippen molar-refractivity contribution in [3.63, 3.8) is 0 Å². The summed E-state index contributed by atoms with van der Waals surface area (Å²) >= 11 is 5.74. The van der Waals surface area contributed by atoms with Crippen molar-refractivity contribution in [1.82, 2.24) is 0 Å². The number of nitrogens with two attached hydrogens (primary N) is 1. The predicted octanol–water partition coefficient (Wildman–Crippen LogP) is 2.65. The Bertz CT molecular complexity index is 699. The SMILES string of the molecule is NCc1cccc(OCCS(=O)(=O)c2ccc(Cl)cc2)c1. The quantitative estimate of drug-likeness (QED) is 0.886. The van der Waals surface area contributed by atoms with Gasteiger partial charge in [0.25, 0.3) is 0 Å². The monoisotopic (exact) mass is 325 g/mol. The van der Waals surface area contributed by atoms with E-state index in [1.54, 1.807) is 24.3 Å². The van der Waals surface area contributed by atoms with Crippen LogP contribution in [0, 0.1) is 0 Å². The molecule has 2 aromatic carbocycles. The van der Waals surface area contributed by atoms with Gasteiger partial charge in [0.05, 0.1) is 10.6 Å². The summed E-state index contributed by atoms with van der Waals surface area (Å²) in [7, 11) is -3.37. The molecule has 0 aliphatic carbocycles. The van der Waals surface area contributed by atoms with Crippen molar-refractivity contribution >= 4 is 21.4 Å². The van der Waals surface area contributed by atoms with Gasteiger partial charge in [-0.1, -0.05) is 23.7 Å². The summed E-state index contributed by atoms with van der Waals surface area (Å²) in [6, 6.07) is 13.4. The Labute approximate surface area is 129 Å². The van der Waals surface area contributed by atoms with Crippen LogP contribution in [0.25, 0.3) is 0 Å². The minimum atomic E-state index is -3.37. The zero-order valence-electron chi connectivity index (χ0n) is 11.3. The summed E-state index contributed by atoms with van der Waals surface area (Å²) in [5.74, 6) is 0.519. The number of halogens is 1. The van der Waals surface area contributed by atoms with Crippen molar-refractivity contribution in [2.75, 3.05) is 12.4 Å². The second-order valence-corrected chi connectivity index (χ2v) is 7.02. The second-order valence-electron chi connectivity index (χ2n) is 4.47. The van der Waals surface area contributed by atoms with Crippen molar-refractivity contribution in [2.45, 2.75) is 11.4 Å². The van der Waals surface area contributed by atoms with Gasteiger partial charge in [-0.15, -0.1) is 0 Å². The van der Waals surface area contributed by atoms with Crippen molar-refractivity contribution in [3.8, 4) is 5.75 Å². The van der Waals surface area contributed by atoms with E-state index in [4.69, 9.17) is 22.1 Å². The highest BCUT2D eigenvalue weighted by Crippen LogP contribution is 2.16. The molecule has 2 rings (SSSR count). The van der Waals surface area contributed by atoms with Gasteiger partial charge in [0.1, 0.15) is 12.4 Å². The highest BCUT2D eigenvalue weighted by Gasteiger charge is 2.14. The molecule has 0 aliphatic heterocycles. The van der Waals surface area contributed by atoms with E-state index in [2.05, 4.69) is 0 Å². The molecule has 0 bridgehead atoms.